The normalized spacial score (nSPS) is 12.2. The zero-order chi connectivity index (χ0) is 18.1. The van der Waals surface area contributed by atoms with Gasteiger partial charge in [-0.15, -0.1) is 0 Å². The molecule has 0 saturated heterocycles. The van der Waals surface area contributed by atoms with E-state index >= 15 is 0 Å². The van der Waals surface area contributed by atoms with Gasteiger partial charge >= 0.3 is 0 Å². The van der Waals surface area contributed by atoms with E-state index in [0.717, 1.165) is 6.54 Å². The Morgan fingerprint density at radius 1 is 1.12 bits per heavy atom. The summed E-state index contributed by atoms with van der Waals surface area (Å²) in [6, 6.07) is 10.1. The van der Waals surface area contributed by atoms with Gasteiger partial charge in [0.05, 0.1) is 4.90 Å². The molecule has 7 nitrogen and oxygen atoms in total. The molecule has 0 atom stereocenters. The Hall–Kier alpha value is -2.03. The molecule has 1 heterocycles. The molecule has 0 aliphatic heterocycles. The van der Waals surface area contributed by atoms with E-state index < -0.39 is 10.0 Å². The summed E-state index contributed by atoms with van der Waals surface area (Å²) in [6.45, 7) is 2.16. The molecule has 25 heavy (non-hydrogen) atoms. The molecule has 0 aliphatic carbocycles. The van der Waals surface area contributed by atoms with Crippen LogP contribution in [0.4, 0.5) is 0 Å². The summed E-state index contributed by atoms with van der Waals surface area (Å²) in [5.74, 6) is 0.620. The van der Waals surface area contributed by atoms with Crippen LogP contribution in [0, 0.1) is 0 Å². The highest BCUT2D eigenvalue weighted by Gasteiger charge is 2.13. The number of hydrogen-bond acceptors (Lipinski definition) is 3. The van der Waals surface area contributed by atoms with Gasteiger partial charge in [-0.3, -0.25) is 4.99 Å². The van der Waals surface area contributed by atoms with Crippen molar-refractivity contribution >= 4 is 27.6 Å². The molecule has 9 heteroatoms. The second-order valence-electron chi connectivity index (χ2n) is 5.20. The van der Waals surface area contributed by atoms with Gasteiger partial charge in [0.15, 0.2) is 5.96 Å². The summed E-state index contributed by atoms with van der Waals surface area (Å²) in [6.07, 6.45) is 3.98. The first-order valence-corrected chi connectivity index (χ1v) is 9.68. The highest BCUT2D eigenvalue weighted by molar-refractivity contribution is 7.89. The Bertz CT molecular complexity index is 791. The third-order valence-corrected chi connectivity index (χ3v) is 5.06. The number of guanidine groups is 1. The number of aliphatic imine (C=N–C) groups is 1. The van der Waals surface area contributed by atoms with Crippen LogP contribution in [-0.4, -0.2) is 45.6 Å². The number of aromatic nitrogens is 1. The molecule has 3 N–H and O–H groups in total. The molecule has 1 aromatic carbocycles. The Labute approximate surface area is 153 Å². The van der Waals surface area contributed by atoms with Gasteiger partial charge in [0.25, 0.3) is 0 Å². The maximum Gasteiger partial charge on any atom is 0.240 e. The first kappa shape index (κ1) is 19.3. The predicted molar refractivity (Wildman–Crippen MR) is 100 cm³/mol. The second kappa shape index (κ2) is 9.45. The van der Waals surface area contributed by atoms with Gasteiger partial charge in [0.1, 0.15) is 0 Å². The molecular weight excluding hydrogens is 362 g/mol. The number of benzene rings is 1. The van der Waals surface area contributed by atoms with Gasteiger partial charge in [0, 0.05) is 50.6 Å². The average molecular weight is 384 g/mol. The number of rotatable bonds is 8. The van der Waals surface area contributed by atoms with Crippen molar-refractivity contribution < 1.29 is 8.42 Å². The summed E-state index contributed by atoms with van der Waals surface area (Å²) < 4.78 is 28.9. The van der Waals surface area contributed by atoms with E-state index in [9.17, 15) is 8.42 Å². The Kier molecular flexibility index (Phi) is 7.30. The molecule has 0 fully saturated rings. The van der Waals surface area contributed by atoms with Crippen molar-refractivity contribution in [3.63, 3.8) is 0 Å². The summed E-state index contributed by atoms with van der Waals surface area (Å²) in [4.78, 5) is 4.25. The van der Waals surface area contributed by atoms with Gasteiger partial charge < -0.3 is 15.2 Å². The summed E-state index contributed by atoms with van der Waals surface area (Å²) in [5.41, 5.74) is 0. The summed E-state index contributed by atoms with van der Waals surface area (Å²) in [7, 11) is -1.90. The van der Waals surface area contributed by atoms with Crippen molar-refractivity contribution in [2.24, 2.45) is 4.99 Å². The van der Waals surface area contributed by atoms with Crippen LogP contribution in [0.2, 0.25) is 5.02 Å². The number of sulfonamides is 1. The monoisotopic (exact) mass is 383 g/mol. The van der Waals surface area contributed by atoms with Crippen molar-refractivity contribution in [2.75, 3.05) is 26.7 Å². The Morgan fingerprint density at radius 3 is 2.52 bits per heavy atom. The zero-order valence-corrected chi connectivity index (χ0v) is 15.5. The highest BCUT2D eigenvalue weighted by Crippen LogP contribution is 2.14. The number of nitrogens with zero attached hydrogens (tertiary/aromatic N) is 2. The molecule has 2 rings (SSSR count). The molecule has 0 saturated carbocycles. The molecular formula is C16H22ClN5O2S. The number of nitrogens with one attached hydrogen (secondary N) is 3. The number of halogens is 1. The fraction of sp³-hybridized carbons (Fsp3) is 0.312. The SMILES string of the molecule is CN=C(NCCNS(=O)(=O)c1cccc(Cl)c1)NCCn1cccc1. The van der Waals surface area contributed by atoms with E-state index in [1.165, 1.54) is 12.1 Å². The molecule has 0 radical (unpaired) electrons. The van der Waals surface area contributed by atoms with Crippen LogP contribution in [0.1, 0.15) is 0 Å². The second-order valence-corrected chi connectivity index (χ2v) is 7.41. The third-order valence-electron chi connectivity index (χ3n) is 3.37. The Morgan fingerprint density at radius 2 is 1.84 bits per heavy atom. The lowest BCUT2D eigenvalue weighted by Crippen LogP contribution is -2.42. The molecule has 136 valence electrons. The van der Waals surface area contributed by atoms with E-state index in [2.05, 4.69) is 24.9 Å². The molecule has 0 bridgehead atoms. The van der Waals surface area contributed by atoms with Crippen molar-refractivity contribution in [2.45, 2.75) is 11.4 Å². The minimum Gasteiger partial charge on any atom is -0.355 e. The average Bonchev–Trinajstić information content (AvgIpc) is 3.10. The highest BCUT2D eigenvalue weighted by atomic mass is 35.5. The zero-order valence-electron chi connectivity index (χ0n) is 13.9. The lowest BCUT2D eigenvalue weighted by Gasteiger charge is -2.13. The van der Waals surface area contributed by atoms with Gasteiger partial charge in [-0.2, -0.15) is 0 Å². The van der Waals surface area contributed by atoms with Crippen LogP contribution in [0.25, 0.3) is 0 Å². The lowest BCUT2D eigenvalue weighted by molar-refractivity contribution is 0.580. The molecule has 0 spiro atoms. The van der Waals surface area contributed by atoms with Gasteiger partial charge in [-0.05, 0) is 30.3 Å². The lowest BCUT2D eigenvalue weighted by atomic mass is 10.4. The fourth-order valence-corrected chi connectivity index (χ4v) is 3.46. The van der Waals surface area contributed by atoms with Crippen LogP contribution in [-0.2, 0) is 16.6 Å². The maximum atomic E-state index is 12.2. The van der Waals surface area contributed by atoms with Gasteiger partial charge in [-0.25, -0.2) is 13.1 Å². The van der Waals surface area contributed by atoms with E-state index in [0.29, 0.717) is 24.1 Å². The minimum absolute atomic E-state index is 0.147. The fourth-order valence-electron chi connectivity index (χ4n) is 2.13. The van der Waals surface area contributed by atoms with E-state index in [1.807, 2.05) is 24.5 Å². The molecule has 1 aromatic heterocycles. The van der Waals surface area contributed by atoms with Crippen LogP contribution in [0.5, 0.6) is 0 Å². The van der Waals surface area contributed by atoms with E-state index in [4.69, 9.17) is 11.6 Å². The van der Waals surface area contributed by atoms with Crippen molar-refractivity contribution in [3.8, 4) is 0 Å². The van der Waals surface area contributed by atoms with Crippen LogP contribution >= 0.6 is 11.6 Å². The topological polar surface area (TPSA) is 87.5 Å². The molecule has 0 aliphatic rings. The van der Waals surface area contributed by atoms with Gasteiger partial charge in [0.2, 0.25) is 10.0 Å². The van der Waals surface area contributed by atoms with Crippen molar-refractivity contribution in [3.05, 3.63) is 53.8 Å². The third kappa shape index (κ3) is 6.41. The summed E-state index contributed by atoms with van der Waals surface area (Å²) >= 11 is 5.83. The maximum absolute atomic E-state index is 12.2. The predicted octanol–water partition coefficient (Wildman–Crippen LogP) is 1.29. The first-order chi connectivity index (χ1) is 12.0. The smallest absolute Gasteiger partial charge is 0.240 e. The molecule has 0 amide bonds. The van der Waals surface area contributed by atoms with Crippen molar-refractivity contribution in [1.29, 1.82) is 0 Å². The van der Waals surface area contributed by atoms with Crippen LogP contribution in [0.3, 0.4) is 0 Å². The van der Waals surface area contributed by atoms with Crippen LogP contribution in [0.15, 0.2) is 58.7 Å². The van der Waals surface area contributed by atoms with E-state index in [1.54, 1.807) is 19.2 Å². The van der Waals surface area contributed by atoms with Crippen LogP contribution < -0.4 is 15.4 Å². The number of hydrogen-bond donors (Lipinski definition) is 3. The standard InChI is InChI=1S/C16H22ClN5O2S/c1-18-16(20-9-12-22-10-2-3-11-22)19-7-8-21-25(23,24)15-6-4-5-14(17)13-15/h2-6,10-11,13,21H,7-9,12H2,1H3,(H2,18,19,20). The van der Waals surface area contributed by atoms with E-state index in [-0.39, 0.29) is 11.4 Å². The quantitative estimate of drug-likeness (QED) is 0.364. The molecule has 2 aromatic rings. The summed E-state index contributed by atoms with van der Waals surface area (Å²) in [5, 5.41) is 6.61. The van der Waals surface area contributed by atoms with Crippen molar-refractivity contribution in [1.82, 2.24) is 19.9 Å². The van der Waals surface area contributed by atoms with Gasteiger partial charge in [-0.1, -0.05) is 17.7 Å². The first-order valence-electron chi connectivity index (χ1n) is 7.82. The largest absolute Gasteiger partial charge is 0.355 e. The minimum atomic E-state index is -3.57. The Balaban J connectivity index is 1.71. The molecule has 0 unspecified atom stereocenters.